The van der Waals surface area contributed by atoms with Crippen molar-refractivity contribution in [3.05, 3.63) is 422 Å². The van der Waals surface area contributed by atoms with E-state index in [2.05, 4.69) is 452 Å². The third kappa shape index (κ3) is 9.53. The van der Waals surface area contributed by atoms with Crippen LogP contribution in [0.25, 0.3) is 193 Å². The zero-order valence-electron chi connectivity index (χ0n) is 75.2. The lowest BCUT2D eigenvalue weighted by molar-refractivity contribution is 1.16. The van der Waals surface area contributed by atoms with Crippen LogP contribution in [0.1, 0.15) is 27.8 Å². The summed E-state index contributed by atoms with van der Waals surface area (Å²) in [5.74, 6) is 0. The van der Waals surface area contributed by atoms with Gasteiger partial charge in [0.2, 0.25) is 33.6 Å². The standard InChI is InChI=1S/5C25H16BN/c1-15-13-14-22-24-23(15)18-8-2-4-10-19(18)26(24)20-11-6-9-17-16-7-3-5-12-21(16)27(22)25(17)20;1-15-13-19-16-7-2-4-10-20(16)26-21-11-6-9-18-17-8-3-5-12-22(17)27(25(18)21)23(14-15)24(19)26;1-15-13-14-18-16-7-2-4-10-20(16)26-21-11-6-9-19-17-8-3-5-12-22(17)27(25(19)21)24(15)23(18)26;1-15-7-4-13-21-23(15)18-10-5-12-20-25(18)27(21)22-14-6-9-17-16-8-2-3-11-19(16)26(20)24(17)22;1-15-12-13-22-19(14-15)18-8-4-10-21-25(18)27(22)23-11-5-7-17-16-6-2-3-9-20(16)26(21)24(17)23/h5*2-14H,1H3. The molecule has 135 heavy (non-hydrogen) atoms. The summed E-state index contributed by atoms with van der Waals surface area (Å²) >= 11 is 0. The van der Waals surface area contributed by atoms with E-state index < -0.39 is 0 Å². The van der Waals surface area contributed by atoms with E-state index in [1.165, 1.54) is 303 Å². The molecule has 0 fully saturated rings. The molecule has 15 heterocycles. The van der Waals surface area contributed by atoms with E-state index in [0.717, 1.165) is 0 Å². The summed E-state index contributed by atoms with van der Waals surface area (Å²) in [4.78, 5) is 0. The van der Waals surface area contributed by atoms with Gasteiger partial charge < -0.3 is 22.8 Å². The number of nitrogens with zero attached hydrogens (tertiary/aromatic N) is 5. The van der Waals surface area contributed by atoms with Crippen LogP contribution in [0.5, 0.6) is 0 Å². The summed E-state index contributed by atoms with van der Waals surface area (Å²) in [7, 11) is 0. The number of aromatic nitrogens is 5. The molecular weight excluding hydrogens is 1630 g/mol. The highest BCUT2D eigenvalue weighted by molar-refractivity contribution is 7.04. The molecule has 0 amide bonds. The first-order valence-electron chi connectivity index (χ1n) is 48.0. The molecule has 0 saturated carbocycles. The Bertz CT molecular complexity index is 9790. The molecular formula is C125H80B5N5. The van der Waals surface area contributed by atoms with Crippen molar-refractivity contribution in [2.45, 2.75) is 34.6 Å². The van der Waals surface area contributed by atoms with E-state index in [4.69, 9.17) is 0 Å². The van der Waals surface area contributed by atoms with Gasteiger partial charge in [0, 0.05) is 110 Å². The van der Waals surface area contributed by atoms with Gasteiger partial charge >= 0.3 is 0 Å². The van der Waals surface area contributed by atoms with Crippen molar-refractivity contribution in [1.82, 2.24) is 22.8 Å². The van der Waals surface area contributed by atoms with Gasteiger partial charge in [-0.05, 0) is 228 Å². The Hall–Kier alpha value is -16.3. The summed E-state index contributed by atoms with van der Waals surface area (Å²) in [6, 6.07) is 147. The van der Waals surface area contributed by atoms with Crippen LogP contribution in [-0.4, -0.2) is 56.4 Å². The highest BCUT2D eigenvalue weighted by atomic mass is 15.0. The van der Waals surface area contributed by atoms with Crippen molar-refractivity contribution < 1.29 is 0 Å². The van der Waals surface area contributed by atoms with Crippen molar-refractivity contribution in [2.75, 3.05) is 0 Å². The Kier molecular flexibility index (Phi) is 14.9. The second-order valence-electron chi connectivity index (χ2n) is 39.1. The highest BCUT2D eigenvalue weighted by Gasteiger charge is 2.48. The number of rotatable bonds is 0. The fourth-order valence-corrected chi connectivity index (χ4v) is 27.6. The topological polar surface area (TPSA) is 24.6 Å². The van der Waals surface area contributed by atoms with Gasteiger partial charge in [-0.1, -0.05) is 367 Å². The molecule has 20 aromatic carbocycles. The molecule has 10 aliphatic heterocycles. The van der Waals surface area contributed by atoms with Gasteiger partial charge in [0.05, 0.1) is 27.6 Å². The van der Waals surface area contributed by atoms with Crippen molar-refractivity contribution in [3.63, 3.8) is 0 Å². The molecule has 0 aliphatic carbocycles. The number of aryl methyl sites for hydroxylation is 5. The van der Waals surface area contributed by atoms with Gasteiger partial charge in [-0.15, -0.1) is 0 Å². The van der Waals surface area contributed by atoms with Crippen molar-refractivity contribution in [1.29, 1.82) is 0 Å². The average molecular weight is 1710 g/mol. The SMILES string of the molecule is Cc1cc2c3c(c1)-n1c4ccccc4c4cccc(c41)B3c1ccccc1-2.Cc1ccc2c(c1)c1cccc3c1n2-c1cccc2c1B3c1ccccc1-2.Cc1ccc2c3c1-c1ccccc1B3c1cccc3c4ccccc4n-2c13.Cc1ccc2c3c1-n1c4ccccc4c4cccc(c41)B3c1ccccc1-2.Cc1cccc2c1c1cccc3c1n2-c1cccc2c1B3c1ccccc1-2. The molecule has 10 aliphatic rings. The lowest BCUT2D eigenvalue weighted by atomic mass is 9.37. The lowest BCUT2D eigenvalue weighted by Gasteiger charge is -2.26. The summed E-state index contributed by atoms with van der Waals surface area (Å²) in [6.07, 6.45) is 0. The average Bonchev–Trinajstić information content (AvgIpc) is 1.54. The number of fused-ring (bicyclic) bond motifs is 40. The Morgan fingerprint density at radius 3 is 1.03 bits per heavy atom. The molecule has 5 aromatic heterocycles. The van der Waals surface area contributed by atoms with Gasteiger partial charge in [-0.3, -0.25) is 0 Å². The maximum absolute atomic E-state index is 2.52. The maximum Gasteiger partial charge on any atom is 0.248 e. The zero-order chi connectivity index (χ0) is 88.5. The molecule has 620 valence electrons. The highest BCUT2D eigenvalue weighted by Crippen LogP contribution is 2.46. The second-order valence-corrected chi connectivity index (χ2v) is 39.1. The largest absolute Gasteiger partial charge is 0.310 e. The third-order valence-corrected chi connectivity index (χ3v) is 32.5. The third-order valence-electron chi connectivity index (χ3n) is 32.5. The minimum atomic E-state index is 0.339. The van der Waals surface area contributed by atoms with Gasteiger partial charge in [0.15, 0.2) is 0 Å². The Morgan fingerprint density at radius 1 is 0.170 bits per heavy atom. The Labute approximate surface area is 782 Å². The first-order valence-corrected chi connectivity index (χ1v) is 48.0. The first-order chi connectivity index (χ1) is 66.7. The molecule has 35 rings (SSSR count). The Morgan fingerprint density at radius 2 is 0.504 bits per heavy atom. The first kappa shape index (κ1) is 74.4. The monoisotopic (exact) mass is 1710 g/mol. The predicted octanol–water partition coefficient (Wildman–Crippen LogP) is 19.5. The molecule has 0 N–H and O–H groups in total. The van der Waals surface area contributed by atoms with Crippen molar-refractivity contribution in [3.8, 4) is 84.1 Å². The number of hydrogen-bond acceptors (Lipinski definition) is 0. The molecule has 0 atom stereocenters. The smallest absolute Gasteiger partial charge is 0.248 e. The van der Waals surface area contributed by atoms with Crippen LogP contribution >= 0.6 is 0 Å². The molecule has 0 unspecified atom stereocenters. The molecule has 25 aromatic rings. The van der Waals surface area contributed by atoms with Crippen LogP contribution in [0.2, 0.25) is 0 Å². The molecule has 0 bridgehead atoms. The summed E-state index contributed by atoms with van der Waals surface area (Å²) in [6.45, 7) is 12.8. The second kappa shape index (κ2) is 27.0. The van der Waals surface area contributed by atoms with Crippen molar-refractivity contribution in [2.24, 2.45) is 0 Å². The lowest BCUT2D eigenvalue weighted by Crippen LogP contribution is -2.53. The van der Waals surface area contributed by atoms with Crippen LogP contribution in [-0.2, 0) is 0 Å². The maximum atomic E-state index is 2.52. The summed E-state index contributed by atoms with van der Waals surface area (Å²) < 4.78 is 12.5. The van der Waals surface area contributed by atoms with E-state index >= 15 is 0 Å². The molecule has 10 heteroatoms. The van der Waals surface area contributed by atoms with Gasteiger partial charge in [-0.25, -0.2) is 0 Å². The minimum Gasteiger partial charge on any atom is -0.310 e. The number of hydrogen-bond donors (Lipinski definition) is 0. The van der Waals surface area contributed by atoms with Crippen LogP contribution in [0.3, 0.4) is 0 Å². The fourth-order valence-electron chi connectivity index (χ4n) is 27.6. The van der Waals surface area contributed by atoms with Crippen LogP contribution < -0.4 is 81.9 Å². The minimum absolute atomic E-state index is 0.339. The zero-order valence-corrected chi connectivity index (χ0v) is 75.2. The van der Waals surface area contributed by atoms with E-state index in [1.807, 2.05) is 0 Å². The van der Waals surface area contributed by atoms with Crippen LogP contribution in [0, 0.1) is 34.6 Å². The van der Waals surface area contributed by atoms with E-state index in [0.29, 0.717) is 33.6 Å². The quantitative estimate of drug-likeness (QED) is 0.135. The molecule has 0 radical (unpaired) electrons. The number of para-hydroxylation sites is 8. The van der Waals surface area contributed by atoms with E-state index in [-0.39, 0.29) is 0 Å². The van der Waals surface area contributed by atoms with Gasteiger partial charge in [-0.2, -0.15) is 0 Å². The fraction of sp³-hybridized carbons (Fsp3) is 0.0400. The number of benzene rings is 20. The molecule has 0 spiro atoms. The van der Waals surface area contributed by atoms with Gasteiger partial charge in [0.1, 0.15) is 0 Å². The summed E-state index contributed by atoms with van der Waals surface area (Å²) in [5, 5.41) is 13.6. The van der Waals surface area contributed by atoms with Crippen molar-refractivity contribution >= 4 is 225 Å². The van der Waals surface area contributed by atoms with E-state index in [9.17, 15) is 0 Å². The van der Waals surface area contributed by atoms with Crippen LogP contribution in [0.4, 0.5) is 0 Å². The van der Waals surface area contributed by atoms with Crippen LogP contribution in [0.15, 0.2) is 394 Å². The molecule has 5 nitrogen and oxygen atoms in total. The predicted molar refractivity (Wildman–Crippen MR) is 578 cm³/mol. The van der Waals surface area contributed by atoms with Gasteiger partial charge in [0.25, 0.3) is 0 Å². The summed E-state index contributed by atoms with van der Waals surface area (Å²) in [5.41, 5.74) is 62.8. The Balaban J connectivity index is 0.0000000788. The van der Waals surface area contributed by atoms with E-state index in [1.54, 1.807) is 0 Å². The normalized spacial score (nSPS) is 13.3. The molecule has 0 saturated heterocycles.